The van der Waals surface area contributed by atoms with E-state index in [1.54, 1.807) is 0 Å². The Morgan fingerprint density at radius 2 is 2.12 bits per heavy atom. The Kier molecular flexibility index (Phi) is 5.76. The van der Waals surface area contributed by atoms with Gasteiger partial charge in [0.2, 0.25) is 5.91 Å². The molecule has 0 unspecified atom stereocenters. The van der Waals surface area contributed by atoms with Crippen molar-refractivity contribution in [2.24, 2.45) is 0 Å². The van der Waals surface area contributed by atoms with Crippen molar-refractivity contribution in [1.29, 1.82) is 5.26 Å². The van der Waals surface area contributed by atoms with E-state index in [0.717, 1.165) is 18.7 Å². The molecule has 1 rings (SSSR count). The first-order valence-corrected chi connectivity index (χ1v) is 5.63. The third kappa shape index (κ3) is 5.69. The number of likely N-dealkylation sites (N-methyl/N-ethyl adjacent to an activating group) is 1. The molecular formula is C13H17N3O. The molecule has 0 heterocycles. The van der Waals surface area contributed by atoms with Gasteiger partial charge in [0.05, 0.1) is 12.6 Å². The Morgan fingerprint density at radius 1 is 1.41 bits per heavy atom. The minimum Gasteiger partial charge on any atom is -0.325 e. The largest absolute Gasteiger partial charge is 0.325 e. The van der Waals surface area contributed by atoms with Crippen LogP contribution < -0.4 is 5.32 Å². The van der Waals surface area contributed by atoms with Gasteiger partial charge < -0.3 is 5.32 Å². The lowest BCUT2D eigenvalue weighted by molar-refractivity contribution is -0.117. The third-order valence-corrected chi connectivity index (χ3v) is 2.30. The van der Waals surface area contributed by atoms with Gasteiger partial charge in [-0.1, -0.05) is 18.2 Å². The summed E-state index contributed by atoms with van der Waals surface area (Å²) in [5.41, 5.74) is 0.808. The summed E-state index contributed by atoms with van der Waals surface area (Å²) in [5, 5.41) is 11.2. The summed E-state index contributed by atoms with van der Waals surface area (Å²) < 4.78 is 0. The van der Waals surface area contributed by atoms with Crippen LogP contribution in [-0.2, 0) is 4.79 Å². The molecule has 1 amide bonds. The summed E-state index contributed by atoms with van der Waals surface area (Å²) in [6.45, 7) is 1.11. The molecule has 1 N–H and O–H groups in total. The molecule has 0 aliphatic carbocycles. The highest BCUT2D eigenvalue weighted by Gasteiger charge is 2.06. The number of carbonyl (C=O) groups is 1. The van der Waals surface area contributed by atoms with Gasteiger partial charge >= 0.3 is 0 Å². The second-order valence-corrected chi connectivity index (χ2v) is 3.91. The topological polar surface area (TPSA) is 56.1 Å². The number of carbonyl (C=O) groups excluding carboxylic acids is 1. The molecule has 0 spiro atoms. The van der Waals surface area contributed by atoms with Crippen LogP contribution in [0, 0.1) is 11.3 Å². The van der Waals surface area contributed by atoms with Crippen molar-refractivity contribution < 1.29 is 4.79 Å². The molecule has 90 valence electrons. The Labute approximate surface area is 102 Å². The monoisotopic (exact) mass is 231 g/mol. The van der Waals surface area contributed by atoms with Crippen LogP contribution in [0.25, 0.3) is 0 Å². The summed E-state index contributed by atoms with van der Waals surface area (Å²) in [4.78, 5) is 13.6. The van der Waals surface area contributed by atoms with Crippen LogP contribution in [0.1, 0.15) is 12.8 Å². The number of hydrogen-bond donors (Lipinski definition) is 1. The molecule has 0 radical (unpaired) electrons. The maximum absolute atomic E-state index is 11.6. The molecule has 17 heavy (non-hydrogen) atoms. The molecule has 0 aliphatic rings. The number of hydrogen-bond acceptors (Lipinski definition) is 3. The molecule has 1 aromatic rings. The molecule has 0 bridgehead atoms. The van der Waals surface area contributed by atoms with Gasteiger partial charge in [0, 0.05) is 12.1 Å². The van der Waals surface area contributed by atoms with E-state index in [2.05, 4.69) is 11.4 Å². The first kappa shape index (κ1) is 13.2. The van der Waals surface area contributed by atoms with Crippen LogP contribution in [0.4, 0.5) is 5.69 Å². The fourth-order valence-electron chi connectivity index (χ4n) is 1.47. The predicted octanol–water partition coefficient (Wildman–Crippen LogP) is 1.86. The summed E-state index contributed by atoms with van der Waals surface area (Å²) in [6, 6.07) is 11.5. The zero-order valence-electron chi connectivity index (χ0n) is 10.0. The molecule has 0 saturated carbocycles. The molecule has 4 nitrogen and oxygen atoms in total. The molecular weight excluding hydrogens is 214 g/mol. The van der Waals surface area contributed by atoms with Crippen molar-refractivity contribution in [2.45, 2.75) is 12.8 Å². The third-order valence-electron chi connectivity index (χ3n) is 2.30. The smallest absolute Gasteiger partial charge is 0.238 e. The standard InChI is InChI=1S/C13H17N3O/c1-16(10-6-5-9-14)11-13(17)15-12-7-3-2-4-8-12/h2-4,7-8H,5-6,10-11H2,1H3,(H,15,17). The molecule has 0 aromatic heterocycles. The zero-order valence-corrected chi connectivity index (χ0v) is 10.0. The quantitative estimate of drug-likeness (QED) is 0.760. The van der Waals surface area contributed by atoms with Gasteiger partial charge in [-0.25, -0.2) is 0 Å². The van der Waals surface area contributed by atoms with Crippen LogP contribution in [-0.4, -0.2) is 30.9 Å². The first-order chi connectivity index (χ1) is 8.22. The average molecular weight is 231 g/mol. The number of nitrogens with one attached hydrogen (secondary N) is 1. The molecule has 0 fully saturated rings. The van der Waals surface area contributed by atoms with E-state index in [1.807, 2.05) is 42.3 Å². The number of para-hydroxylation sites is 1. The number of unbranched alkanes of at least 4 members (excludes halogenated alkanes) is 1. The van der Waals surface area contributed by atoms with Gasteiger partial charge in [-0.15, -0.1) is 0 Å². The SMILES string of the molecule is CN(CCCC#N)CC(=O)Nc1ccccc1. The normalized spacial score (nSPS) is 9.94. The lowest BCUT2D eigenvalue weighted by Gasteiger charge is -2.15. The highest BCUT2D eigenvalue weighted by atomic mass is 16.2. The van der Waals surface area contributed by atoms with Crippen molar-refractivity contribution in [2.75, 3.05) is 25.5 Å². The van der Waals surface area contributed by atoms with Crippen LogP contribution in [0.5, 0.6) is 0 Å². The van der Waals surface area contributed by atoms with Crippen molar-refractivity contribution in [1.82, 2.24) is 4.90 Å². The first-order valence-electron chi connectivity index (χ1n) is 5.63. The Morgan fingerprint density at radius 3 is 2.76 bits per heavy atom. The second kappa shape index (κ2) is 7.42. The number of nitriles is 1. The molecule has 4 heteroatoms. The summed E-state index contributed by atoms with van der Waals surface area (Å²) in [6.07, 6.45) is 1.33. The Bertz CT molecular complexity index is 383. The lowest BCUT2D eigenvalue weighted by Crippen LogP contribution is -2.30. The van der Waals surface area contributed by atoms with Crippen LogP contribution in [0.2, 0.25) is 0 Å². The van der Waals surface area contributed by atoms with E-state index < -0.39 is 0 Å². The van der Waals surface area contributed by atoms with Crippen molar-refractivity contribution in [3.63, 3.8) is 0 Å². The number of nitrogens with zero attached hydrogens (tertiary/aromatic N) is 2. The van der Waals surface area contributed by atoms with Gasteiger partial charge in [-0.05, 0) is 32.1 Å². The highest BCUT2D eigenvalue weighted by molar-refractivity contribution is 5.92. The fraction of sp³-hybridized carbons (Fsp3) is 0.385. The minimum absolute atomic E-state index is 0.0318. The maximum Gasteiger partial charge on any atom is 0.238 e. The van der Waals surface area contributed by atoms with Crippen molar-refractivity contribution >= 4 is 11.6 Å². The maximum atomic E-state index is 11.6. The van der Waals surface area contributed by atoms with Crippen LogP contribution >= 0.6 is 0 Å². The van der Waals surface area contributed by atoms with Gasteiger partial charge in [0.1, 0.15) is 0 Å². The van der Waals surface area contributed by atoms with E-state index in [0.29, 0.717) is 13.0 Å². The number of rotatable bonds is 6. The van der Waals surface area contributed by atoms with Crippen molar-refractivity contribution in [3.05, 3.63) is 30.3 Å². The summed E-state index contributed by atoms with van der Waals surface area (Å²) >= 11 is 0. The fourth-order valence-corrected chi connectivity index (χ4v) is 1.47. The minimum atomic E-state index is -0.0318. The highest BCUT2D eigenvalue weighted by Crippen LogP contribution is 2.04. The summed E-state index contributed by atoms with van der Waals surface area (Å²) in [5.74, 6) is -0.0318. The number of anilines is 1. The average Bonchev–Trinajstić information content (AvgIpc) is 2.30. The lowest BCUT2D eigenvalue weighted by atomic mass is 10.3. The van der Waals surface area contributed by atoms with E-state index in [-0.39, 0.29) is 5.91 Å². The van der Waals surface area contributed by atoms with Gasteiger partial charge in [-0.2, -0.15) is 5.26 Å². The number of benzene rings is 1. The number of amides is 1. The Hall–Kier alpha value is -1.86. The van der Waals surface area contributed by atoms with Crippen LogP contribution in [0.15, 0.2) is 30.3 Å². The van der Waals surface area contributed by atoms with E-state index in [4.69, 9.17) is 5.26 Å². The van der Waals surface area contributed by atoms with Gasteiger partial charge in [-0.3, -0.25) is 9.69 Å². The molecule has 0 atom stereocenters. The van der Waals surface area contributed by atoms with Crippen molar-refractivity contribution in [3.8, 4) is 6.07 Å². The predicted molar refractivity (Wildman–Crippen MR) is 67.4 cm³/mol. The van der Waals surface area contributed by atoms with Gasteiger partial charge in [0.15, 0.2) is 0 Å². The Balaban J connectivity index is 2.28. The van der Waals surface area contributed by atoms with E-state index in [9.17, 15) is 4.79 Å². The molecule has 0 saturated heterocycles. The molecule has 0 aliphatic heterocycles. The second-order valence-electron chi connectivity index (χ2n) is 3.91. The van der Waals surface area contributed by atoms with E-state index in [1.165, 1.54) is 0 Å². The molecule has 1 aromatic carbocycles. The van der Waals surface area contributed by atoms with Gasteiger partial charge in [0.25, 0.3) is 0 Å². The van der Waals surface area contributed by atoms with E-state index >= 15 is 0 Å². The summed E-state index contributed by atoms with van der Waals surface area (Å²) in [7, 11) is 1.88. The zero-order chi connectivity index (χ0) is 12.5. The van der Waals surface area contributed by atoms with Crippen LogP contribution in [0.3, 0.4) is 0 Å².